The molecular formula is C14H15N3O2. The minimum absolute atomic E-state index is 0.308. The number of aromatic nitrogens is 3. The van der Waals surface area contributed by atoms with Crippen LogP contribution in [0.3, 0.4) is 0 Å². The number of hydrogen-bond donors (Lipinski definition) is 1. The van der Waals surface area contributed by atoms with E-state index < -0.39 is 5.97 Å². The molecular weight excluding hydrogens is 242 g/mol. The standard InChI is InChI=1S/C14H15N3O2/c1-9-16-13(11-4-2-3-7-15-11)12-6-5-10(14(18)19)8-17(9)12/h2-4,7,10H,5-6,8H2,1H3,(H,18,19). The second-order valence-electron chi connectivity index (χ2n) is 4.85. The lowest BCUT2D eigenvalue weighted by Gasteiger charge is -2.22. The van der Waals surface area contributed by atoms with Crippen LogP contribution in [0.2, 0.25) is 0 Å². The van der Waals surface area contributed by atoms with Crippen molar-refractivity contribution in [2.24, 2.45) is 5.92 Å². The number of fused-ring (bicyclic) bond motifs is 1. The molecule has 0 aliphatic carbocycles. The Morgan fingerprint density at radius 3 is 3.00 bits per heavy atom. The highest BCUT2D eigenvalue weighted by Crippen LogP contribution is 2.29. The van der Waals surface area contributed by atoms with Crippen molar-refractivity contribution in [3.8, 4) is 11.4 Å². The summed E-state index contributed by atoms with van der Waals surface area (Å²) in [6.07, 6.45) is 3.16. The number of aliphatic carboxylic acids is 1. The molecule has 3 rings (SSSR count). The first-order valence-corrected chi connectivity index (χ1v) is 6.37. The fourth-order valence-electron chi connectivity index (χ4n) is 2.64. The molecule has 0 bridgehead atoms. The van der Waals surface area contributed by atoms with E-state index in [1.807, 2.05) is 29.7 Å². The molecule has 2 aromatic heterocycles. The number of carboxylic acids is 1. The van der Waals surface area contributed by atoms with Crippen LogP contribution in [0.25, 0.3) is 11.4 Å². The third kappa shape index (κ3) is 2.01. The van der Waals surface area contributed by atoms with Gasteiger partial charge in [0.2, 0.25) is 0 Å². The van der Waals surface area contributed by atoms with Gasteiger partial charge in [-0.15, -0.1) is 0 Å². The molecule has 0 radical (unpaired) electrons. The van der Waals surface area contributed by atoms with Crippen molar-refractivity contribution in [1.29, 1.82) is 0 Å². The summed E-state index contributed by atoms with van der Waals surface area (Å²) in [6.45, 7) is 2.43. The van der Waals surface area contributed by atoms with Crippen LogP contribution in [0.1, 0.15) is 17.9 Å². The minimum Gasteiger partial charge on any atom is -0.481 e. The first-order chi connectivity index (χ1) is 9.16. The molecule has 3 heterocycles. The second kappa shape index (κ2) is 4.50. The van der Waals surface area contributed by atoms with Gasteiger partial charge in [0.25, 0.3) is 0 Å². The topological polar surface area (TPSA) is 68.0 Å². The van der Waals surface area contributed by atoms with Gasteiger partial charge in [0.15, 0.2) is 0 Å². The van der Waals surface area contributed by atoms with Crippen molar-refractivity contribution < 1.29 is 9.90 Å². The lowest BCUT2D eigenvalue weighted by molar-refractivity contribution is -0.142. The van der Waals surface area contributed by atoms with Gasteiger partial charge in [0, 0.05) is 18.4 Å². The zero-order valence-corrected chi connectivity index (χ0v) is 10.7. The molecule has 1 aliphatic rings. The fraction of sp³-hybridized carbons (Fsp3) is 0.357. The second-order valence-corrected chi connectivity index (χ2v) is 4.85. The summed E-state index contributed by atoms with van der Waals surface area (Å²) in [4.78, 5) is 20.0. The molecule has 1 unspecified atom stereocenters. The number of hydrogen-bond acceptors (Lipinski definition) is 3. The molecule has 98 valence electrons. The van der Waals surface area contributed by atoms with Crippen LogP contribution in [0, 0.1) is 12.8 Å². The van der Waals surface area contributed by atoms with Gasteiger partial charge in [0.05, 0.1) is 11.6 Å². The van der Waals surface area contributed by atoms with Crippen LogP contribution in [-0.2, 0) is 17.8 Å². The highest BCUT2D eigenvalue weighted by Gasteiger charge is 2.28. The lowest BCUT2D eigenvalue weighted by Crippen LogP contribution is -2.27. The number of imidazole rings is 1. The molecule has 0 fully saturated rings. The number of pyridine rings is 1. The van der Waals surface area contributed by atoms with Crippen LogP contribution in [0.5, 0.6) is 0 Å². The largest absolute Gasteiger partial charge is 0.481 e. The summed E-state index contributed by atoms with van der Waals surface area (Å²) >= 11 is 0. The van der Waals surface area contributed by atoms with Crippen LogP contribution in [0.4, 0.5) is 0 Å². The number of carbonyl (C=O) groups is 1. The molecule has 5 heteroatoms. The first kappa shape index (κ1) is 11.9. The van der Waals surface area contributed by atoms with Crippen molar-refractivity contribution >= 4 is 5.97 Å². The van der Waals surface area contributed by atoms with E-state index in [1.54, 1.807) is 6.20 Å². The van der Waals surface area contributed by atoms with Crippen molar-refractivity contribution in [1.82, 2.24) is 14.5 Å². The predicted molar refractivity (Wildman–Crippen MR) is 69.6 cm³/mol. The molecule has 0 spiro atoms. The summed E-state index contributed by atoms with van der Waals surface area (Å²) in [7, 11) is 0. The van der Waals surface area contributed by atoms with Crippen molar-refractivity contribution in [3.05, 3.63) is 35.9 Å². The van der Waals surface area contributed by atoms with E-state index in [4.69, 9.17) is 5.11 Å². The zero-order chi connectivity index (χ0) is 13.4. The average Bonchev–Trinajstić information content (AvgIpc) is 2.77. The Labute approximate surface area is 110 Å². The lowest BCUT2D eigenvalue weighted by atomic mass is 9.96. The van der Waals surface area contributed by atoms with Crippen molar-refractivity contribution in [2.75, 3.05) is 0 Å². The van der Waals surface area contributed by atoms with Gasteiger partial charge >= 0.3 is 5.97 Å². The molecule has 19 heavy (non-hydrogen) atoms. The number of aryl methyl sites for hydroxylation is 1. The molecule has 1 N–H and O–H groups in total. The Morgan fingerprint density at radius 2 is 2.32 bits per heavy atom. The molecule has 2 aromatic rings. The Kier molecular flexibility index (Phi) is 2.81. The molecule has 1 aliphatic heterocycles. The number of rotatable bonds is 2. The maximum atomic E-state index is 11.1. The van der Waals surface area contributed by atoms with Gasteiger partial charge < -0.3 is 9.67 Å². The molecule has 5 nitrogen and oxygen atoms in total. The van der Waals surface area contributed by atoms with Gasteiger partial charge in [-0.2, -0.15) is 0 Å². The van der Waals surface area contributed by atoms with Crippen molar-refractivity contribution in [3.63, 3.8) is 0 Å². The van der Waals surface area contributed by atoms with Crippen LogP contribution in [0.15, 0.2) is 24.4 Å². The van der Waals surface area contributed by atoms with E-state index in [0.717, 1.165) is 29.3 Å². The average molecular weight is 257 g/mol. The van der Waals surface area contributed by atoms with E-state index in [0.29, 0.717) is 13.0 Å². The normalized spacial score (nSPS) is 18.1. The predicted octanol–water partition coefficient (Wildman–Crippen LogP) is 1.90. The Bertz CT molecular complexity index is 619. The highest BCUT2D eigenvalue weighted by atomic mass is 16.4. The maximum Gasteiger partial charge on any atom is 0.308 e. The first-order valence-electron chi connectivity index (χ1n) is 6.37. The van der Waals surface area contributed by atoms with Gasteiger partial charge in [-0.05, 0) is 31.9 Å². The van der Waals surface area contributed by atoms with Crippen molar-refractivity contribution in [2.45, 2.75) is 26.3 Å². The number of carboxylic acid groups (broad SMARTS) is 1. The monoisotopic (exact) mass is 257 g/mol. The smallest absolute Gasteiger partial charge is 0.308 e. The maximum absolute atomic E-state index is 11.1. The summed E-state index contributed by atoms with van der Waals surface area (Å²) < 4.78 is 2.02. The van der Waals surface area contributed by atoms with E-state index in [-0.39, 0.29) is 5.92 Å². The molecule has 0 saturated carbocycles. The molecule has 0 saturated heterocycles. The third-order valence-electron chi connectivity index (χ3n) is 3.65. The Hall–Kier alpha value is -2.17. The summed E-state index contributed by atoms with van der Waals surface area (Å²) in [5.74, 6) is -0.170. The summed E-state index contributed by atoms with van der Waals surface area (Å²) in [6, 6.07) is 5.75. The van der Waals surface area contributed by atoms with E-state index in [9.17, 15) is 4.79 Å². The third-order valence-corrected chi connectivity index (χ3v) is 3.65. The van der Waals surface area contributed by atoms with Crippen LogP contribution in [-0.4, -0.2) is 25.6 Å². The SMILES string of the molecule is Cc1nc(-c2ccccn2)c2n1CC(C(=O)O)CC2. The molecule has 1 atom stereocenters. The van der Waals surface area contributed by atoms with Crippen LogP contribution >= 0.6 is 0 Å². The van der Waals surface area contributed by atoms with Gasteiger partial charge in [0.1, 0.15) is 11.5 Å². The van der Waals surface area contributed by atoms with Gasteiger partial charge in [-0.1, -0.05) is 6.07 Å². The highest BCUT2D eigenvalue weighted by molar-refractivity contribution is 5.70. The van der Waals surface area contributed by atoms with E-state index >= 15 is 0 Å². The van der Waals surface area contributed by atoms with Gasteiger partial charge in [-0.25, -0.2) is 4.98 Å². The zero-order valence-electron chi connectivity index (χ0n) is 10.7. The summed E-state index contributed by atoms with van der Waals surface area (Å²) in [5.41, 5.74) is 2.85. The minimum atomic E-state index is -0.724. The quantitative estimate of drug-likeness (QED) is 0.892. The van der Waals surface area contributed by atoms with Gasteiger partial charge in [-0.3, -0.25) is 9.78 Å². The number of nitrogens with zero attached hydrogens (tertiary/aromatic N) is 3. The fourth-order valence-corrected chi connectivity index (χ4v) is 2.64. The Morgan fingerprint density at radius 1 is 1.47 bits per heavy atom. The molecule has 0 aromatic carbocycles. The molecule has 0 amide bonds. The summed E-state index contributed by atoms with van der Waals surface area (Å²) in [5, 5.41) is 9.13. The van der Waals surface area contributed by atoms with Crippen LogP contribution < -0.4 is 0 Å². The Balaban J connectivity index is 2.03. The van der Waals surface area contributed by atoms with E-state index in [1.165, 1.54) is 0 Å². The van der Waals surface area contributed by atoms with E-state index in [2.05, 4.69) is 9.97 Å².